The Labute approximate surface area is 101 Å². The molecule has 18 heavy (non-hydrogen) atoms. The maximum absolute atomic E-state index is 11.0. The minimum atomic E-state index is -0.986. The first-order valence-electron chi connectivity index (χ1n) is 5.29. The average Bonchev–Trinajstić information content (AvgIpc) is 2.93. The van der Waals surface area contributed by atoms with E-state index < -0.39 is 5.97 Å². The van der Waals surface area contributed by atoms with Crippen LogP contribution in [0.2, 0.25) is 0 Å². The molecule has 6 nitrogen and oxygen atoms in total. The number of carbonyl (C=O) groups is 1. The van der Waals surface area contributed by atoms with Crippen molar-refractivity contribution in [3.05, 3.63) is 42.0 Å². The quantitative estimate of drug-likeness (QED) is 0.744. The Morgan fingerprint density at radius 3 is 2.83 bits per heavy atom. The smallest absolute Gasteiger partial charge is 0.337 e. The summed E-state index contributed by atoms with van der Waals surface area (Å²) in [6.07, 6.45) is 3.06. The van der Waals surface area contributed by atoms with Crippen molar-refractivity contribution in [1.29, 1.82) is 0 Å². The van der Waals surface area contributed by atoms with Crippen molar-refractivity contribution in [3.63, 3.8) is 0 Å². The molecule has 0 aliphatic carbocycles. The molecule has 0 bridgehead atoms. The average molecular weight is 243 g/mol. The van der Waals surface area contributed by atoms with Gasteiger partial charge in [-0.1, -0.05) is 0 Å². The minimum Gasteiger partial charge on any atom is -0.478 e. The summed E-state index contributed by atoms with van der Waals surface area (Å²) < 4.78 is 6.86. The zero-order chi connectivity index (χ0) is 12.7. The topological polar surface area (TPSA) is 80.6 Å². The van der Waals surface area contributed by atoms with Crippen LogP contribution in [-0.2, 0) is 0 Å². The maximum atomic E-state index is 11.0. The van der Waals surface area contributed by atoms with Crippen molar-refractivity contribution in [2.75, 3.05) is 0 Å². The largest absolute Gasteiger partial charge is 0.478 e. The van der Waals surface area contributed by atoms with Gasteiger partial charge in [0.1, 0.15) is 5.76 Å². The SMILES string of the molecule is Cc1occc1-c1nnc2ccc(C(=O)O)cn12. The number of hydrogen-bond acceptors (Lipinski definition) is 4. The molecule has 3 aromatic heterocycles. The van der Waals surface area contributed by atoms with Gasteiger partial charge < -0.3 is 9.52 Å². The molecule has 1 N–H and O–H groups in total. The molecule has 0 atom stereocenters. The highest BCUT2D eigenvalue weighted by Gasteiger charge is 2.14. The van der Waals surface area contributed by atoms with E-state index in [2.05, 4.69) is 10.2 Å². The first kappa shape index (κ1) is 10.5. The van der Waals surface area contributed by atoms with Crippen LogP contribution in [0.15, 0.2) is 35.1 Å². The van der Waals surface area contributed by atoms with Gasteiger partial charge in [-0.05, 0) is 25.1 Å². The number of furan rings is 1. The number of carboxylic acids is 1. The monoisotopic (exact) mass is 243 g/mol. The molecule has 0 saturated heterocycles. The van der Waals surface area contributed by atoms with Gasteiger partial charge in [0.05, 0.1) is 17.4 Å². The van der Waals surface area contributed by atoms with E-state index in [9.17, 15) is 4.79 Å². The zero-order valence-corrected chi connectivity index (χ0v) is 9.49. The van der Waals surface area contributed by atoms with E-state index >= 15 is 0 Å². The molecular formula is C12H9N3O3. The number of pyridine rings is 1. The van der Waals surface area contributed by atoms with Gasteiger partial charge in [0.2, 0.25) is 0 Å². The summed E-state index contributed by atoms with van der Waals surface area (Å²) in [5, 5.41) is 17.0. The second-order valence-corrected chi connectivity index (χ2v) is 3.87. The fraction of sp³-hybridized carbons (Fsp3) is 0.0833. The lowest BCUT2D eigenvalue weighted by Gasteiger charge is -2.00. The Morgan fingerprint density at radius 1 is 1.33 bits per heavy atom. The van der Waals surface area contributed by atoms with E-state index in [1.807, 2.05) is 6.92 Å². The first-order valence-corrected chi connectivity index (χ1v) is 5.29. The summed E-state index contributed by atoms with van der Waals surface area (Å²) in [6.45, 7) is 1.82. The van der Waals surface area contributed by atoms with Gasteiger partial charge in [0.25, 0.3) is 0 Å². The normalized spacial score (nSPS) is 10.9. The molecule has 90 valence electrons. The Morgan fingerprint density at radius 2 is 2.17 bits per heavy atom. The maximum Gasteiger partial charge on any atom is 0.337 e. The van der Waals surface area contributed by atoms with Crippen molar-refractivity contribution in [2.24, 2.45) is 0 Å². The van der Waals surface area contributed by atoms with Crippen LogP contribution < -0.4 is 0 Å². The van der Waals surface area contributed by atoms with Gasteiger partial charge in [-0.15, -0.1) is 10.2 Å². The highest BCUT2D eigenvalue weighted by Crippen LogP contribution is 2.23. The van der Waals surface area contributed by atoms with Gasteiger partial charge in [0, 0.05) is 6.20 Å². The molecule has 0 spiro atoms. The van der Waals surface area contributed by atoms with Gasteiger partial charge in [-0.3, -0.25) is 4.40 Å². The molecule has 0 aromatic carbocycles. The fourth-order valence-electron chi connectivity index (χ4n) is 1.82. The van der Waals surface area contributed by atoms with Crippen LogP contribution in [0, 0.1) is 6.92 Å². The lowest BCUT2D eigenvalue weighted by Crippen LogP contribution is -1.99. The molecule has 3 rings (SSSR count). The van der Waals surface area contributed by atoms with Crippen molar-refractivity contribution in [2.45, 2.75) is 6.92 Å². The van der Waals surface area contributed by atoms with Crippen LogP contribution >= 0.6 is 0 Å². The second-order valence-electron chi connectivity index (χ2n) is 3.87. The predicted octanol–water partition coefficient (Wildman–Crippen LogP) is 2.00. The standard InChI is InChI=1S/C12H9N3O3/c1-7-9(4-5-18-7)11-14-13-10-3-2-8(12(16)17)6-15(10)11/h2-6H,1H3,(H,16,17). The van der Waals surface area contributed by atoms with E-state index in [1.54, 1.807) is 22.8 Å². The van der Waals surface area contributed by atoms with Crippen LogP contribution in [0.5, 0.6) is 0 Å². The third kappa shape index (κ3) is 1.46. The molecule has 0 aliphatic heterocycles. The van der Waals surface area contributed by atoms with Crippen LogP contribution in [0.1, 0.15) is 16.1 Å². The number of fused-ring (bicyclic) bond motifs is 1. The van der Waals surface area contributed by atoms with Crippen molar-refractivity contribution >= 4 is 11.6 Å². The van der Waals surface area contributed by atoms with Crippen LogP contribution in [0.25, 0.3) is 17.0 Å². The fourth-order valence-corrected chi connectivity index (χ4v) is 1.82. The summed E-state index contributed by atoms with van der Waals surface area (Å²) in [7, 11) is 0. The summed E-state index contributed by atoms with van der Waals surface area (Å²) in [5.74, 6) is 0.296. The van der Waals surface area contributed by atoms with E-state index in [-0.39, 0.29) is 5.56 Å². The van der Waals surface area contributed by atoms with Crippen LogP contribution in [0.4, 0.5) is 0 Å². The van der Waals surface area contributed by atoms with Gasteiger partial charge in [-0.2, -0.15) is 0 Å². The van der Waals surface area contributed by atoms with Crippen molar-refractivity contribution < 1.29 is 14.3 Å². The highest BCUT2D eigenvalue weighted by atomic mass is 16.4. The van der Waals surface area contributed by atoms with Crippen molar-refractivity contribution in [1.82, 2.24) is 14.6 Å². The predicted molar refractivity (Wildman–Crippen MR) is 62.4 cm³/mol. The molecule has 3 aromatic rings. The third-order valence-corrected chi connectivity index (χ3v) is 2.75. The van der Waals surface area contributed by atoms with Crippen molar-refractivity contribution in [3.8, 4) is 11.4 Å². The Balaban J connectivity index is 2.27. The molecule has 3 heterocycles. The number of aromatic nitrogens is 3. The third-order valence-electron chi connectivity index (χ3n) is 2.75. The summed E-state index contributed by atoms with van der Waals surface area (Å²) in [4.78, 5) is 11.0. The molecule has 6 heteroatoms. The van der Waals surface area contributed by atoms with Crippen LogP contribution in [0.3, 0.4) is 0 Å². The molecular weight excluding hydrogens is 234 g/mol. The Kier molecular flexibility index (Phi) is 2.16. The molecule has 0 amide bonds. The Hall–Kier alpha value is -2.63. The van der Waals surface area contributed by atoms with E-state index in [1.165, 1.54) is 12.3 Å². The second kappa shape index (κ2) is 3.69. The number of aryl methyl sites for hydroxylation is 1. The summed E-state index contributed by atoms with van der Waals surface area (Å²) in [6, 6.07) is 4.90. The van der Waals surface area contributed by atoms with Gasteiger partial charge in [-0.25, -0.2) is 4.79 Å². The molecule has 0 unspecified atom stereocenters. The molecule has 0 radical (unpaired) electrons. The number of rotatable bonds is 2. The lowest BCUT2D eigenvalue weighted by molar-refractivity contribution is 0.0696. The number of aromatic carboxylic acids is 1. The van der Waals surface area contributed by atoms with Gasteiger partial charge in [0.15, 0.2) is 11.5 Å². The highest BCUT2D eigenvalue weighted by molar-refractivity contribution is 5.87. The number of nitrogens with zero attached hydrogens (tertiary/aromatic N) is 3. The van der Waals surface area contributed by atoms with E-state index in [4.69, 9.17) is 9.52 Å². The van der Waals surface area contributed by atoms with E-state index in [0.29, 0.717) is 17.2 Å². The molecule has 0 saturated carbocycles. The molecule has 0 fully saturated rings. The van der Waals surface area contributed by atoms with E-state index in [0.717, 1.165) is 5.56 Å². The Bertz CT molecular complexity index is 742. The number of hydrogen-bond donors (Lipinski definition) is 1. The van der Waals surface area contributed by atoms with Gasteiger partial charge >= 0.3 is 5.97 Å². The zero-order valence-electron chi connectivity index (χ0n) is 9.49. The first-order chi connectivity index (χ1) is 8.66. The minimum absolute atomic E-state index is 0.185. The summed E-state index contributed by atoms with van der Waals surface area (Å²) in [5.41, 5.74) is 1.57. The number of carboxylic acid groups (broad SMARTS) is 1. The van der Waals surface area contributed by atoms with Crippen LogP contribution in [-0.4, -0.2) is 25.7 Å². The lowest BCUT2D eigenvalue weighted by atomic mass is 10.2. The summed E-state index contributed by atoms with van der Waals surface area (Å²) >= 11 is 0. The molecule has 0 aliphatic rings.